The zero-order valence-corrected chi connectivity index (χ0v) is 22.8. The second-order valence-corrected chi connectivity index (χ2v) is 10.1. The molecule has 1 aliphatic rings. The van der Waals surface area contributed by atoms with Crippen LogP contribution in [-0.4, -0.2) is 64.9 Å². The van der Waals surface area contributed by atoms with Crippen molar-refractivity contribution in [3.8, 4) is 16.7 Å². The molecule has 0 unspecified atom stereocenters. The quantitative estimate of drug-likeness (QED) is 0.271. The Bertz CT molecular complexity index is 1380. The fourth-order valence-corrected chi connectivity index (χ4v) is 5.03. The number of methoxy groups -OCH3 is 1. The lowest BCUT2D eigenvalue weighted by Crippen LogP contribution is -2.49. The number of benzene rings is 3. The predicted octanol–water partition coefficient (Wildman–Crippen LogP) is 5.33. The molecule has 0 bridgehead atoms. The van der Waals surface area contributed by atoms with E-state index in [0.717, 1.165) is 49.6 Å². The molecule has 1 aliphatic heterocycles. The Labute approximate surface area is 233 Å². The number of aromatic nitrogens is 2. The Morgan fingerprint density at radius 1 is 0.923 bits per heavy atom. The summed E-state index contributed by atoms with van der Waals surface area (Å²) in [5, 5.41) is 0.494. The summed E-state index contributed by atoms with van der Waals surface area (Å²) in [5.41, 5.74) is 3.26. The lowest BCUT2D eigenvalue weighted by atomic mass is 10.1. The van der Waals surface area contributed by atoms with Gasteiger partial charge in [-0.3, -0.25) is 9.69 Å². The van der Waals surface area contributed by atoms with E-state index in [1.807, 2.05) is 71.6 Å². The van der Waals surface area contributed by atoms with Crippen LogP contribution in [0.15, 0.2) is 84.9 Å². The van der Waals surface area contributed by atoms with Gasteiger partial charge in [0.1, 0.15) is 11.5 Å². The molecule has 1 amide bonds. The maximum absolute atomic E-state index is 12.9. The summed E-state index contributed by atoms with van der Waals surface area (Å²) in [7, 11) is 1.65. The van der Waals surface area contributed by atoms with E-state index in [4.69, 9.17) is 9.47 Å². The van der Waals surface area contributed by atoms with Crippen LogP contribution in [0, 0.1) is 0 Å². The van der Waals surface area contributed by atoms with Crippen molar-refractivity contribution in [2.24, 2.45) is 0 Å². The van der Waals surface area contributed by atoms with Crippen molar-refractivity contribution in [1.82, 2.24) is 19.2 Å². The van der Waals surface area contributed by atoms with Crippen molar-refractivity contribution in [2.45, 2.75) is 12.8 Å². The second kappa shape index (κ2) is 13.2. The molecule has 0 spiro atoms. The number of rotatable bonds is 10. The van der Waals surface area contributed by atoms with Gasteiger partial charge in [0.2, 0.25) is 5.91 Å². The van der Waals surface area contributed by atoms with Gasteiger partial charge in [-0.05, 0) is 41.0 Å². The van der Waals surface area contributed by atoms with Gasteiger partial charge in [-0.2, -0.15) is 9.36 Å². The van der Waals surface area contributed by atoms with Crippen LogP contribution >= 0.6 is 11.5 Å². The van der Waals surface area contributed by atoms with E-state index in [9.17, 15) is 4.79 Å². The molecule has 1 aromatic heterocycles. The van der Waals surface area contributed by atoms with Crippen molar-refractivity contribution < 1.29 is 14.3 Å². The minimum absolute atomic E-state index is 0.162. The van der Waals surface area contributed by atoms with Crippen molar-refractivity contribution in [2.75, 3.05) is 39.8 Å². The Balaban J connectivity index is 1.06. The standard InChI is InChI=1S/C31H32N4O3S/c1-37-28-11-5-9-26(21-28)22-29-32-31(39-33-29)38-27-14-12-25(13-15-27)23-30(36)35-19-17-34(18-20-35)16-6-10-24-7-3-2-4-8-24/h2-15,21H,16-20,22-23H2,1H3/b10-6+. The molecule has 8 heteroatoms. The first kappa shape index (κ1) is 26.6. The molecule has 0 saturated carbocycles. The number of carbonyl (C=O) groups is 1. The molecule has 200 valence electrons. The van der Waals surface area contributed by atoms with Gasteiger partial charge in [0.25, 0.3) is 5.19 Å². The molecule has 7 nitrogen and oxygen atoms in total. The van der Waals surface area contributed by atoms with Crippen LogP contribution in [0.4, 0.5) is 0 Å². The molecule has 1 saturated heterocycles. The van der Waals surface area contributed by atoms with E-state index in [1.54, 1.807) is 7.11 Å². The molecule has 4 aromatic rings. The Kier molecular flexibility index (Phi) is 8.98. The molecule has 5 rings (SSSR count). The van der Waals surface area contributed by atoms with E-state index < -0.39 is 0 Å². The Hall–Kier alpha value is -4.01. The second-order valence-electron chi connectivity index (χ2n) is 9.42. The molecule has 1 fully saturated rings. The fraction of sp³-hybridized carbons (Fsp3) is 0.258. The van der Waals surface area contributed by atoms with Crippen LogP contribution in [0.2, 0.25) is 0 Å². The molecule has 39 heavy (non-hydrogen) atoms. The summed E-state index contributed by atoms with van der Waals surface area (Å²) in [6.07, 6.45) is 5.34. The van der Waals surface area contributed by atoms with E-state index >= 15 is 0 Å². The van der Waals surface area contributed by atoms with Gasteiger partial charge in [-0.25, -0.2) is 0 Å². The van der Waals surface area contributed by atoms with Crippen LogP contribution in [0.5, 0.6) is 16.7 Å². The van der Waals surface area contributed by atoms with E-state index in [-0.39, 0.29) is 5.91 Å². The predicted molar refractivity (Wildman–Crippen MR) is 154 cm³/mol. The summed E-state index contributed by atoms with van der Waals surface area (Å²) in [6, 6.07) is 25.8. The molecule has 2 heterocycles. The summed E-state index contributed by atoms with van der Waals surface area (Å²) >= 11 is 1.23. The van der Waals surface area contributed by atoms with Gasteiger partial charge in [-0.1, -0.05) is 66.7 Å². The van der Waals surface area contributed by atoms with Gasteiger partial charge in [0.15, 0.2) is 5.82 Å². The lowest BCUT2D eigenvalue weighted by molar-refractivity contribution is -0.132. The highest BCUT2D eigenvalue weighted by Crippen LogP contribution is 2.25. The van der Waals surface area contributed by atoms with E-state index in [0.29, 0.717) is 29.6 Å². The van der Waals surface area contributed by atoms with Gasteiger partial charge < -0.3 is 14.4 Å². The van der Waals surface area contributed by atoms with Crippen molar-refractivity contribution in [1.29, 1.82) is 0 Å². The highest BCUT2D eigenvalue weighted by molar-refractivity contribution is 7.07. The van der Waals surface area contributed by atoms with Crippen LogP contribution in [0.3, 0.4) is 0 Å². The maximum atomic E-state index is 12.9. The minimum atomic E-state index is 0.162. The SMILES string of the molecule is COc1cccc(Cc2nsc(Oc3ccc(CC(=O)N4CCN(C/C=C/c5ccccc5)CC4)cc3)n2)c1. The van der Waals surface area contributed by atoms with Crippen LogP contribution in [-0.2, 0) is 17.6 Å². The third kappa shape index (κ3) is 7.75. The topological polar surface area (TPSA) is 67.8 Å². The third-order valence-corrected chi connectivity index (χ3v) is 7.26. The molecule has 0 radical (unpaired) electrons. The number of carbonyl (C=O) groups excluding carboxylic acids is 1. The van der Waals surface area contributed by atoms with Crippen molar-refractivity contribution in [3.63, 3.8) is 0 Å². The third-order valence-electron chi connectivity index (χ3n) is 6.63. The largest absolute Gasteiger partial charge is 0.497 e. The smallest absolute Gasteiger partial charge is 0.298 e. The highest BCUT2D eigenvalue weighted by Gasteiger charge is 2.20. The van der Waals surface area contributed by atoms with Crippen LogP contribution in [0.25, 0.3) is 6.08 Å². The summed E-state index contributed by atoms with van der Waals surface area (Å²) in [4.78, 5) is 21.7. The zero-order chi connectivity index (χ0) is 26.9. The molecular formula is C31H32N4O3S. The first-order chi connectivity index (χ1) is 19.1. The van der Waals surface area contributed by atoms with Crippen LogP contribution < -0.4 is 9.47 Å². The fourth-order valence-electron chi connectivity index (χ4n) is 4.46. The first-order valence-corrected chi connectivity index (χ1v) is 13.9. The zero-order valence-electron chi connectivity index (χ0n) is 22.0. The first-order valence-electron chi connectivity index (χ1n) is 13.1. The number of ether oxygens (including phenoxy) is 2. The van der Waals surface area contributed by atoms with Gasteiger partial charge in [0.05, 0.1) is 13.5 Å². The molecule has 0 N–H and O–H groups in total. The molecule has 0 aliphatic carbocycles. The number of hydrogen-bond acceptors (Lipinski definition) is 7. The Morgan fingerprint density at radius 3 is 2.49 bits per heavy atom. The number of amides is 1. The monoisotopic (exact) mass is 540 g/mol. The van der Waals surface area contributed by atoms with Crippen molar-refractivity contribution in [3.05, 3.63) is 107 Å². The number of piperazine rings is 1. The molecule has 3 aromatic carbocycles. The normalized spacial score (nSPS) is 14.0. The van der Waals surface area contributed by atoms with Gasteiger partial charge in [-0.15, -0.1) is 0 Å². The van der Waals surface area contributed by atoms with Crippen LogP contribution in [0.1, 0.15) is 22.5 Å². The molecule has 0 atom stereocenters. The summed E-state index contributed by atoms with van der Waals surface area (Å²) in [6.45, 7) is 4.19. The van der Waals surface area contributed by atoms with Crippen molar-refractivity contribution >= 4 is 23.5 Å². The van der Waals surface area contributed by atoms with E-state index in [2.05, 4.69) is 38.5 Å². The maximum Gasteiger partial charge on any atom is 0.298 e. The molecular weight excluding hydrogens is 508 g/mol. The average Bonchev–Trinajstić information content (AvgIpc) is 3.41. The summed E-state index contributed by atoms with van der Waals surface area (Å²) in [5.74, 6) is 2.35. The minimum Gasteiger partial charge on any atom is -0.497 e. The van der Waals surface area contributed by atoms with Gasteiger partial charge >= 0.3 is 0 Å². The number of hydrogen-bond donors (Lipinski definition) is 0. The summed E-state index contributed by atoms with van der Waals surface area (Å²) < 4.78 is 15.6. The van der Waals surface area contributed by atoms with Gasteiger partial charge in [0, 0.05) is 50.7 Å². The lowest BCUT2D eigenvalue weighted by Gasteiger charge is -2.34. The Morgan fingerprint density at radius 2 is 1.72 bits per heavy atom. The highest BCUT2D eigenvalue weighted by atomic mass is 32.1. The van der Waals surface area contributed by atoms with E-state index in [1.165, 1.54) is 17.1 Å². The number of nitrogens with zero attached hydrogens (tertiary/aromatic N) is 4. The average molecular weight is 541 g/mol.